The van der Waals surface area contributed by atoms with Gasteiger partial charge in [0.15, 0.2) is 0 Å². The minimum Gasteiger partial charge on any atom is -0.337 e. The summed E-state index contributed by atoms with van der Waals surface area (Å²) in [6.45, 7) is 4.36. The number of rotatable bonds is 7. The summed E-state index contributed by atoms with van der Waals surface area (Å²) < 4.78 is 0. The number of likely N-dealkylation sites (N-methyl/N-ethyl adjacent to an activating group) is 1. The number of anilines is 1. The molecule has 1 unspecified atom stereocenters. The Hall–Kier alpha value is -2.73. The summed E-state index contributed by atoms with van der Waals surface area (Å²) in [7, 11) is 3.98. The van der Waals surface area contributed by atoms with Gasteiger partial charge in [0.05, 0.1) is 5.92 Å². The van der Waals surface area contributed by atoms with E-state index in [-0.39, 0.29) is 24.2 Å². The molecule has 6 nitrogen and oxygen atoms in total. The standard InChI is InChI=1S/C22H28N4O2/c1-17-6-8-20(9-7-17)26-16-19(13-21(26)27)22(28)25(12-11-24(2)3)15-18-5-4-10-23-14-18/h4-10,14,19H,11-13,15-16H2,1-3H3. The summed E-state index contributed by atoms with van der Waals surface area (Å²) in [4.78, 5) is 35.6. The Bertz CT molecular complexity index is 805. The molecule has 1 atom stereocenters. The second-order valence-corrected chi connectivity index (χ2v) is 7.67. The van der Waals surface area contributed by atoms with Crippen LogP contribution in [0.1, 0.15) is 17.5 Å². The molecule has 2 aromatic rings. The first kappa shape index (κ1) is 20.0. The molecule has 0 N–H and O–H groups in total. The van der Waals surface area contributed by atoms with E-state index in [1.165, 1.54) is 0 Å². The van der Waals surface area contributed by atoms with Crippen molar-refractivity contribution in [1.82, 2.24) is 14.8 Å². The molecule has 1 aliphatic heterocycles. The maximum atomic E-state index is 13.2. The second kappa shape index (κ2) is 8.97. The fourth-order valence-corrected chi connectivity index (χ4v) is 3.41. The van der Waals surface area contributed by atoms with E-state index in [0.29, 0.717) is 19.6 Å². The van der Waals surface area contributed by atoms with Crippen LogP contribution in [0.15, 0.2) is 48.8 Å². The van der Waals surface area contributed by atoms with Crippen molar-refractivity contribution in [1.29, 1.82) is 0 Å². The lowest BCUT2D eigenvalue weighted by atomic mass is 10.1. The lowest BCUT2D eigenvalue weighted by Crippen LogP contribution is -2.40. The van der Waals surface area contributed by atoms with E-state index in [4.69, 9.17) is 0 Å². The Balaban J connectivity index is 1.72. The van der Waals surface area contributed by atoms with E-state index in [0.717, 1.165) is 23.4 Å². The predicted octanol–water partition coefficient (Wildman–Crippen LogP) is 2.33. The number of pyridine rings is 1. The van der Waals surface area contributed by atoms with Crippen LogP contribution in [0, 0.1) is 12.8 Å². The first-order valence-electron chi connectivity index (χ1n) is 9.63. The first-order chi connectivity index (χ1) is 13.4. The van der Waals surface area contributed by atoms with E-state index in [1.54, 1.807) is 17.3 Å². The third-order valence-corrected chi connectivity index (χ3v) is 5.04. The van der Waals surface area contributed by atoms with Crippen molar-refractivity contribution in [3.05, 3.63) is 59.9 Å². The van der Waals surface area contributed by atoms with E-state index in [1.807, 2.05) is 62.3 Å². The predicted molar refractivity (Wildman–Crippen MR) is 110 cm³/mol. The highest BCUT2D eigenvalue weighted by Gasteiger charge is 2.37. The average Bonchev–Trinajstić information content (AvgIpc) is 3.07. The Kier molecular flexibility index (Phi) is 6.41. The highest BCUT2D eigenvalue weighted by molar-refractivity contribution is 6.00. The number of nitrogens with zero attached hydrogens (tertiary/aromatic N) is 4. The Morgan fingerprint density at radius 3 is 2.57 bits per heavy atom. The molecule has 1 fully saturated rings. The quantitative estimate of drug-likeness (QED) is 0.740. The fraction of sp³-hybridized carbons (Fsp3) is 0.409. The summed E-state index contributed by atoms with van der Waals surface area (Å²) in [6, 6.07) is 11.7. The van der Waals surface area contributed by atoms with Crippen LogP contribution in [0.3, 0.4) is 0 Å². The molecule has 28 heavy (non-hydrogen) atoms. The molecule has 1 saturated heterocycles. The van der Waals surface area contributed by atoms with Crippen LogP contribution in [0.25, 0.3) is 0 Å². The van der Waals surface area contributed by atoms with Crippen LogP contribution in [0.4, 0.5) is 5.69 Å². The molecule has 1 aromatic heterocycles. The third-order valence-electron chi connectivity index (χ3n) is 5.04. The van der Waals surface area contributed by atoms with Crippen LogP contribution in [-0.2, 0) is 16.1 Å². The lowest BCUT2D eigenvalue weighted by molar-refractivity contribution is -0.136. The first-order valence-corrected chi connectivity index (χ1v) is 9.63. The Labute approximate surface area is 166 Å². The second-order valence-electron chi connectivity index (χ2n) is 7.67. The largest absolute Gasteiger partial charge is 0.337 e. The molecular weight excluding hydrogens is 352 g/mol. The number of benzene rings is 1. The Morgan fingerprint density at radius 2 is 1.93 bits per heavy atom. The van der Waals surface area contributed by atoms with Crippen molar-refractivity contribution in [2.75, 3.05) is 38.6 Å². The van der Waals surface area contributed by atoms with Crippen LogP contribution >= 0.6 is 0 Å². The van der Waals surface area contributed by atoms with E-state index in [9.17, 15) is 9.59 Å². The number of aryl methyl sites for hydroxylation is 1. The highest BCUT2D eigenvalue weighted by Crippen LogP contribution is 2.27. The van der Waals surface area contributed by atoms with Crippen LogP contribution in [0.5, 0.6) is 0 Å². The van der Waals surface area contributed by atoms with Gasteiger partial charge in [0.1, 0.15) is 0 Å². The number of amides is 2. The summed E-state index contributed by atoms with van der Waals surface area (Å²) in [6.07, 6.45) is 3.77. The number of aromatic nitrogens is 1. The SMILES string of the molecule is Cc1ccc(N2CC(C(=O)N(CCN(C)C)Cc3cccnc3)CC2=O)cc1. The molecule has 148 valence electrons. The van der Waals surface area contributed by atoms with Crippen molar-refractivity contribution in [3.8, 4) is 0 Å². The minimum atomic E-state index is -0.312. The molecule has 1 aliphatic rings. The normalized spacial score (nSPS) is 16.6. The monoisotopic (exact) mass is 380 g/mol. The van der Waals surface area contributed by atoms with Gasteiger partial charge in [-0.05, 0) is 44.8 Å². The maximum absolute atomic E-state index is 13.2. The summed E-state index contributed by atoms with van der Waals surface area (Å²) in [5.41, 5.74) is 3.00. The van der Waals surface area contributed by atoms with Crippen molar-refractivity contribution in [3.63, 3.8) is 0 Å². The Morgan fingerprint density at radius 1 is 1.18 bits per heavy atom. The molecule has 0 saturated carbocycles. The van der Waals surface area contributed by atoms with Gasteiger partial charge in [-0.25, -0.2) is 0 Å². The number of carbonyl (C=O) groups excluding carboxylic acids is 2. The summed E-state index contributed by atoms with van der Waals surface area (Å²) in [5.74, 6) is -0.266. The molecule has 0 aliphatic carbocycles. The molecule has 6 heteroatoms. The molecular formula is C22H28N4O2. The van der Waals surface area contributed by atoms with Gasteiger partial charge in [0.25, 0.3) is 0 Å². The molecule has 0 spiro atoms. The zero-order valence-corrected chi connectivity index (χ0v) is 16.8. The molecule has 0 bridgehead atoms. The number of hydrogen-bond donors (Lipinski definition) is 0. The van der Waals surface area contributed by atoms with Gasteiger partial charge in [0, 0.05) is 50.7 Å². The van der Waals surface area contributed by atoms with Crippen molar-refractivity contribution >= 4 is 17.5 Å². The van der Waals surface area contributed by atoms with Gasteiger partial charge >= 0.3 is 0 Å². The molecule has 2 heterocycles. The van der Waals surface area contributed by atoms with Crippen LogP contribution in [-0.4, -0.2) is 60.3 Å². The van der Waals surface area contributed by atoms with Gasteiger partial charge in [-0.15, -0.1) is 0 Å². The van der Waals surface area contributed by atoms with Crippen molar-refractivity contribution in [2.24, 2.45) is 5.92 Å². The molecule has 1 aromatic carbocycles. The van der Waals surface area contributed by atoms with Gasteiger partial charge in [-0.3, -0.25) is 14.6 Å². The molecule has 2 amide bonds. The van der Waals surface area contributed by atoms with Gasteiger partial charge in [-0.2, -0.15) is 0 Å². The van der Waals surface area contributed by atoms with Crippen molar-refractivity contribution in [2.45, 2.75) is 19.9 Å². The fourth-order valence-electron chi connectivity index (χ4n) is 3.41. The van der Waals surface area contributed by atoms with E-state index < -0.39 is 0 Å². The van der Waals surface area contributed by atoms with E-state index in [2.05, 4.69) is 9.88 Å². The number of hydrogen-bond acceptors (Lipinski definition) is 4. The van der Waals surface area contributed by atoms with Gasteiger partial charge < -0.3 is 14.7 Å². The summed E-state index contributed by atoms with van der Waals surface area (Å²) in [5, 5.41) is 0. The zero-order valence-electron chi connectivity index (χ0n) is 16.8. The number of carbonyl (C=O) groups is 2. The maximum Gasteiger partial charge on any atom is 0.228 e. The smallest absolute Gasteiger partial charge is 0.228 e. The van der Waals surface area contributed by atoms with Crippen LogP contribution < -0.4 is 4.90 Å². The lowest BCUT2D eigenvalue weighted by Gasteiger charge is -2.27. The molecule has 3 rings (SSSR count). The highest BCUT2D eigenvalue weighted by atomic mass is 16.2. The van der Waals surface area contributed by atoms with Gasteiger partial charge in [-0.1, -0.05) is 23.8 Å². The molecule has 0 radical (unpaired) electrons. The topological polar surface area (TPSA) is 56.8 Å². The zero-order chi connectivity index (χ0) is 20.1. The van der Waals surface area contributed by atoms with Gasteiger partial charge in [0.2, 0.25) is 11.8 Å². The van der Waals surface area contributed by atoms with Crippen LogP contribution in [0.2, 0.25) is 0 Å². The minimum absolute atomic E-state index is 0.0103. The van der Waals surface area contributed by atoms with E-state index >= 15 is 0 Å². The van der Waals surface area contributed by atoms with Crippen molar-refractivity contribution < 1.29 is 9.59 Å². The average molecular weight is 380 g/mol. The third kappa shape index (κ3) is 4.95. The summed E-state index contributed by atoms with van der Waals surface area (Å²) >= 11 is 0.